The smallest absolute Gasteiger partial charge is 0.313 e. The summed E-state index contributed by atoms with van der Waals surface area (Å²) in [5.74, 6) is -3.73. The van der Waals surface area contributed by atoms with Gasteiger partial charge in [0.25, 0.3) is 0 Å². The zero-order valence-corrected chi connectivity index (χ0v) is 25.0. The van der Waals surface area contributed by atoms with Gasteiger partial charge in [-0.2, -0.15) is 0 Å². The van der Waals surface area contributed by atoms with Crippen molar-refractivity contribution in [1.82, 2.24) is 15.1 Å². The summed E-state index contributed by atoms with van der Waals surface area (Å²) < 4.78 is 18.1. The van der Waals surface area contributed by atoms with Crippen LogP contribution in [0, 0.1) is 11.8 Å². The van der Waals surface area contributed by atoms with Crippen LogP contribution in [0.25, 0.3) is 0 Å². The van der Waals surface area contributed by atoms with Crippen molar-refractivity contribution in [2.24, 2.45) is 11.8 Å². The van der Waals surface area contributed by atoms with Crippen LogP contribution >= 0.6 is 0 Å². The number of aliphatic hydroxyl groups is 1. The first-order chi connectivity index (χ1) is 20.6. The number of nitrogens with one attached hydrogen (secondary N) is 1. The third-order valence-electron chi connectivity index (χ3n) is 8.90. The van der Waals surface area contributed by atoms with Gasteiger partial charge in [0.15, 0.2) is 0 Å². The SMILES string of the molecule is COC[C@@H]1NC(=O)CC/C=C\CN(C(C)C)C(=O)[C@H]2N([C@H](C)CO)C(=O)[C@@H]3[C@@H](C(=O)O[C@H]1c1ccccc1)[C@H]1C=C[C@]32O1. The molecule has 5 rings (SSSR count). The summed E-state index contributed by atoms with van der Waals surface area (Å²) in [6.45, 7) is 5.41. The summed E-state index contributed by atoms with van der Waals surface area (Å²) in [6.07, 6.45) is 6.08. The zero-order valence-electron chi connectivity index (χ0n) is 25.0. The number of hydrogen-bond acceptors (Lipinski definition) is 8. The molecule has 4 aliphatic heterocycles. The summed E-state index contributed by atoms with van der Waals surface area (Å²) in [7, 11) is 1.51. The molecule has 11 heteroatoms. The van der Waals surface area contributed by atoms with Gasteiger partial charge < -0.3 is 34.4 Å². The minimum absolute atomic E-state index is 0.0763. The molecule has 43 heavy (non-hydrogen) atoms. The Labute approximate surface area is 251 Å². The fourth-order valence-corrected chi connectivity index (χ4v) is 6.84. The number of methoxy groups -OCH3 is 1. The Morgan fingerprint density at radius 1 is 1.09 bits per heavy atom. The normalized spacial score (nSPS) is 34.4. The molecule has 0 aliphatic carbocycles. The van der Waals surface area contributed by atoms with Crippen molar-refractivity contribution >= 4 is 23.7 Å². The predicted octanol–water partition coefficient (Wildman–Crippen LogP) is 1.52. The molecule has 0 saturated carbocycles. The monoisotopic (exact) mass is 595 g/mol. The second-order valence-corrected chi connectivity index (χ2v) is 12.0. The Balaban J connectivity index is 1.61. The average Bonchev–Trinajstić information content (AvgIpc) is 3.64. The highest BCUT2D eigenvalue weighted by atomic mass is 16.6. The summed E-state index contributed by atoms with van der Waals surface area (Å²) >= 11 is 0. The Hall–Kier alpha value is -3.54. The highest BCUT2D eigenvalue weighted by Crippen LogP contribution is 2.56. The zero-order chi connectivity index (χ0) is 30.9. The van der Waals surface area contributed by atoms with Crippen LogP contribution in [0.1, 0.15) is 45.3 Å². The van der Waals surface area contributed by atoms with Crippen molar-refractivity contribution in [1.29, 1.82) is 0 Å². The number of carbonyl (C=O) groups excluding carboxylic acids is 4. The van der Waals surface area contributed by atoms with Gasteiger partial charge in [-0.1, -0.05) is 54.6 Å². The Morgan fingerprint density at radius 2 is 1.84 bits per heavy atom. The van der Waals surface area contributed by atoms with Gasteiger partial charge in [-0.05, 0) is 32.8 Å². The van der Waals surface area contributed by atoms with E-state index in [1.54, 1.807) is 36.1 Å². The van der Waals surface area contributed by atoms with Crippen molar-refractivity contribution < 1.29 is 38.5 Å². The number of likely N-dealkylation sites (tertiary alicyclic amines) is 1. The van der Waals surface area contributed by atoms with E-state index in [0.717, 1.165) is 0 Å². The lowest BCUT2D eigenvalue weighted by atomic mass is 9.74. The van der Waals surface area contributed by atoms with Crippen LogP contribution in [0.4, 0.5) is 0 Å². The number of fused-ring (bicyclic) bond motifs is 2. The lowest BCUT2D eigenvalue weighted by molar-refractivity contribution is -0.163. The van der Waals surface area contributed by atoms with Crippen molar-refractivity contribution in [3.05, 3.63) is 60.2 Å². The summed E-state index contributed by atoms with van der Waals surface area (Å²) in [4.78, 5) is 58.7. The van der Waals surface area contributed by atoms with Crippen LogP contribution < -0.4 is 5.32 Å². The first-order valence-corrected chi connectivity index (χ1v) is 14.9. The third kappa shape index (κ3) is 5.49. The number of allylic oxidation sites excluding steroid dienone is 1. The molecule has 8 atom stereocenters. The van der Waals surface area contributed by atoms with E-state index in [1.807, 2.05) is 44.2 Å². The van der Waals surface area contributed by atoms with E-state index in [1.165, 1.54) is 12.0 Å². The molecule has 4 aliphatic rings. The number of ether oxygens (including phenoxy) is 3. The highest BCUT2D eigenvalue weighted by Gasteiger charge is 2.74. The van der Waals surface area contributed by atoms with Gasteiger partial charge in [-0.25, -0.2) is 0 Å². The molecule has 4 heterocycles. The molecule has 232 valence electrons. The molecule has 1 aromatic carbocycles. The largest absolute Gasteiger partial charge is 0.455 e. The lowest BCUT2D eigenvalue weighted by Crippen LogP contribution is -2.59. The fourth-order valence-electron chi connectivity index (χ4n) is 6.84. The van der Waals surface area contributed by atoms with Crippen molar-refractivity contribution in [3.8, 4) is 0 Å². The molecule has 0 aromatic heterocycles. The number of carbonyl (C=O) groups is 4. The fraction of sp³-hybridized carbons (Fsp3) is 0.562. The van der Waals surface area contributed by atoms with E-state index in [2.05, 4.69) is 5.32 Å². The number of benzene rings is 1. The molecular weight excluding hydrogens is 554 g/mol. The van der Waals surface area contributed by atoms with Crippen LogP contribution in [-0.4, -0.2) is 101 Å². The maximum Gasteiger partial charge on any atom is 0.313 e. The van der Waals surface area contributed by atoms with E-state index in [-0.39, 0.29) is 44.0 Å². The van der Waals surface area contributed by atoms with Crippen molar-refractivity contribution in [2.45, 2.75) is 75.6 Å². The van der Waals surface area contributed by atoms with E-state index >= 15 is 0 Å². The number of aliphatic hydroxyl groups excluding tert-OH is 1. The van der Waals surface area contributed by atoms with Crippen LogP contribution in [0.3, 0.4) is 0 Å². The maximum atomic E-state index is 14.3. The number of cyclic esters (lactones) is 1. The Morgan fingerprint density at radius 3 is 2.51 bits per heavy atom. The van der Waals surface area contributed by atoms with Crippen molar-refractivity contribution in [3.63, 3.8) is 0 Å². The Kier molecular flexibility index (Phi) is 9.05. The topological polar surface area (TPSA) is 135 Å². The summed E-state index contributed by atoms with van der Waals surface area (Å²) in [5.41, 5.74) is -0.738. The molecule has 2 saturated heterocycles. The van der Waals surface area contributed by atoms with Crippen LogP contribution in [0.15, 0.2) is 54.6 Å². The molecule has 2 N–H and O–H groups in total. The van der Waals surface area contributed by atoms with Gasteiger partial charge in [0.05, 0.1) is 37.3 Å². The minimum atomic E-state index is -1.39. The van der Waals surface area contributed by atoms with Gasteiger partial charge in [0.2, 0.25) is 17.7 Å². The second-order valence-electron chi connectivity index (χ2n) is 12.0. The van der Waals surface area contributed by atoms with Gasteiger partial charge >= 0.3 is 5.97 Å². The minimum Gasteiger partial charge on any atom is -0.455 e. The maximum absolute atomic E-state index is 14.3. The molecular formula is C32H41N3O8. The Bertz CT molecular complexity index is 1280. The molecule has 5 bridgehead atoms. The first-order valence-electron chi connectivity index (χ1n) is 14.9. The molecule has 2 fully saturated rings. The van der Waals surface area contributed by atoms with Gasteiger partial charge in [0.1, 0.15) is 23.7 Å². The van der Waals surface area contributed by atoms with E-state index < -0.39 is 59.6 Å². The lowest BCUT2D eigenvalue weighted by Gasteiger charge is -2.39. The molecule has 0 radical (unpaired) electrons. The van der Waals surface area contributed by atoms with Gasteiger partial charge in [0, 0.05) is 26.1 Å². The van der Waals surface area contributed by atoms with Crippen LogP contribution in [0.2, 0.25) is 0 Å². The highest BCUT2D eigenvalue weighted by molar-refractivity contribution is 5.99. The quantitative estimate of drug-likeness (QED) is 0.374. The number of rotatable bonds is 6. The van der Waals surface area contributed by atoms with E-state index in [9.17, 15) is 24.3 Å². The predicted molar refractivity (Wildman–Crippen MR) is 155 cm³/mol. The third-order valence-corrected chi connectivity index (χ3v) is 8.90. The number of hydrogen-bond donors (Lipinski definition) is 2. The van der Waals surface area contributed by atoms with E-state index in [4.69, 9.17) is 14.2 Å². The van der Waals surface area contributed by atoms with Crippen LogP contribution in [-0.2, 0) is 33.4 Å². The average molecular weight is 596 g/mol. The van der Waals surface area contributed by atoms with E-state index in [0.29, 0.717) is 12.0 Å². The number of nitrogens with zero attached hydrogens (tertiary/aromatic N) is 2. The molecule has 0 unspecified atom stereocenters. The van der Waals surface area contributed by atoms with Gasteiger partial charge in [-0.15, -0.1) is 0 Å². The number of amides is 3. The molecule has 3 amide bonds. The van der Waals surface area contributed by atoms with Crippen LogP contribution in [0.5, 0.6) is 0 Å². The molecule has 1 aromatic rings. The number of esters is 1. The second kappa shape index (κ2) is 12.6. The summed E-state index contributed by atoms with van der Waals surface area (Å²) in [6, 6.07) is 6.37. The van der Waals surface area contributed by atoms with Crippen molar-refractivity contribution in [2.75, 3.05) is 26.9 Å². The standard InChI is InChI=1S/C32H41N3O8/c1-19(2)34-16-10-6-9-13-24(37)33-22(18-41-4)27(21-11-7-5-8-12-21)42-31(40)25-23-14-15-32(43-23)26(25)29(38)35(20(3)17-36)28(32)30(34)39/h5-8,10-12,14-15,19-20,22-23,25-28,36H,9,13,16-18H2,1-4H3,(H,33,37)/b10-6-/t20-,22+,23-,25+,26+,27+,28-,32+/m1/s1. The first kappa shape index (κ1) is 30.9. The molecule has 11 nitrogen and oxygen atoms in total. The summed E-state index contributed by atoms with van der Waals surface area (Å²) in [5, 5.41) is 13.1. The molecule has 1 spiro atoms. The van der Waals surface area contributed by atoms with Gasteiger partial charge in [-0.3, -0.25) is 19.2 Å².